The van der Waals surface area contributed by atoms with Gasteiger partial charge in [0.2, 0.25) is 0 Å². The largest absolute Gasteiger partial charge is 0.445 e. The van der Waals surface area contributed by atoms with Gasteiger partial charge >= 0.3 is 6.09 Å². The van der Waals surface area contributed by atoms with Crippen LogP contribution in [0.4, 0.5) is 4.79 Å². The highest BCUT2D eigenvalue weighted by Gasteiger charge is 2.00. The third-order valence-electron chi connectivity index (χ3n) is 1.82. The van der Waals surface area contributed by atoms with Crippen LogP contribution in [0.25, 0.3) is 0 Å². The molecule has 0 saturated carbocycles. The van der Waals surface area contributed by atoms with Gasteiger partial charge < -0.3 is 10.1 Å². The molecule has 0 spiro atoms. The van der Waals surface area contributed by atoms with E-state index in [1.165, 1.54) is 0 Å². The number of rotatable bonds is 5. The molecular weight excluding hydrogens is 210 g/mol. The van der Waals surface area contributed by atoms with Gasteiger partial charge in [0.25, 0.3) is 0 Å². The van der Waals surface area contributed by atoms with Crippen molar-refractivity contribution in [3.05, 3.63) is 35.9 Å². The highest BCUT2D eigenvalue weighted by molar-refractivity contribution is 7.80. The Bertz CT molecular complexity index is 290. The van der Waals surface area contributed by atoms with Gasteiger partial charge in [-0.2, -0.15) is 12.6 Å². The summed E-state index contributed by atoms with van der Waals surface area (Å²) in [6.07, 6.45) is 0.476. The summed E-state index contributed by atoms with van der Waals surface area (Å²) in [7, 11) is 0. The van der Waals surface area contributed by atoms with Crippen LogP contribution in [0.5, 0.6) is 0 Å². The molecule has 0 heterocycles. The Morgan fingerprint density at radius 3 is 2.73 bits per heavy atom. The molecular formula is C11H15NO2S. The molecule has 0 saturated heterocycles. The van der Waals surface area contributed by atoms with Crippen LogP contribution in [0.1, 0.15) is 12.0 Å². The van der Waals surface area contributed by atoms with Crippen molar-refractivity contribution in [2.75, 3.05) is 12.3 Å². The number of ether oxygens (including phenoxy) is 1. The fourth-order valence-corrected chi connectivity index (χ4v) is 1.20. The summed E-state index contributed by atoms with van der Waals surface area (Å²) >= 11 is 4.04. The van der Waals surface area contributed by atoms with Gasteiger partial charge in [0.1, 0.15) is 6.61 Å². The lowest BCUT2D eigenvalue weighted by molar-refractivity contribution is 0.139. The van der Waals surface area contributed by atoms with E-state index < -0.39 is 0 Å². The monoisotopic (exact) mass is 225 g/mol. The van der Waals surface area contributed by atoms with Crippen molar-refractivity contribution in [3.8, 4) is 0 Å². The summed E-state index contributed by atoms with van der Waals surface area (Å²) in [6, 6.07) is 9.59. The maximum Gasteiger partial charge on any atom is 0.407 e. The maximum atomic E-state index is 11.1. The van der Waals surface area contributed by atoms with E-state index in [9.17, 15) is 4.79 Å². The van der Waals surface area contributed by atoms with Crippen LogP contribution in [0, 0.1) is 0 Å². The van der Waals surface area contributed by atoms with E-state index >= 15 is 0 Å². The molecule has 1 N–H and O–H groups in total. The molecule has 3 nitrogen and oxygen atoms in total. The van der Waals surface area contributed by atoms with Crippen molar-refractivity contribution in [2.24, 2.45) is 0 Å². The van der Waals surface area contributed by atoms with Gasteiger partial charge in [0, 0.05) is 6.54 Å². The first-order valence-electron chi connectivity index (χ1n) is 4.88. The van der Waals surface area contributed by atoms with E-state index in [0.717, 1.165) is 17.7 Å². The molecule has 82 valence electrons. The van der Waals surface area contributed by atoms with E-state index in [1.807, 2.05) is 30.3 Å². The van der Waals surface area contributed by atoms with Crippen molar-refractivity contribution in [3.63, 3.8) is 0 Å². The molecule has 0 bridgehead atoms. The zero-order chi connectivity index (χ0) is 10.9. The SMILES string of the molecule is O=C(NCCCS)OCc1ccccc1. The summed E-state index contributed by atoms with van der Waals surface area (Å²) < 4.78 is 5.00. The Labute approximate surface area is 95.2 Å². The molecule has 1 aromatic carbocycles. The van der Waals surface area contributed by atoms with Gasteiger partial charge in [-0.05, 0) is 17.7 Å². The molecule has 0 radical (unpaired) electrons. The predicted molar refractivity (Wildman–Crippen MR) is 63.1 cm³/mol. The fraction of sp³-hybridized carbons (Fsp3) is 0.364. The first-order chi connectivity index (χ1) is 7.33. The van der Waals surface area contributed by atoms with Crippen molar-refractivity contribution in [1.82, 2.24) is 5.32 Å². The second kappa shape index (κ2) is 7.17. The number of hydrogen-bond donors (Lipinski definition) is 2. The molecule has 1 aromatic rings. The summed E-state index contributed by atoms with van der Waals surface area (Å²) in [5.74, 6) is 0.763. The lowest BCUT2D eigenvalue weighted by Crippen LogP contribution is -2.25. The van der Waals surface area contributed by atoms with Crippen molar-refractivity contribution in [1.29, 1.82) is 0 Å². The van der Waals surface area contributed by atoms with Crippen LogP contribution in [0.3, 0.4) is 0 Å². The lowest BCUT2D eigenvalue weighted by Gasteiger charge is -2.05. The zero-order valence-corrected chi connectivity index (χ0v) is 9.37. The Morgan fingerprint density at radius 2 is 2.07 bits per heavy atom. The number of amides is 1. The second-order valence-electron chi connectivity index (χ2n) is 3.07. The summed E-state index contributed by atoms with van der Waals surface area (Å²) in [6.45, 7) is 0.921. The van der Waals surface area contributed by atoms with E-state index in [4.69, 9.17) is 4.74 Å². The molecule has 4 heteroatoms. The third kappa shape index (κ3) is 5.32. The topological polar surface area (TPSA) is 38.3 Å². The average Bonchev–Trinajstić information content (AvgIpc) is 2.28. The molecule has 0 aliphatic carbocycles. The highest BCUT2D eigenvalue weighted by Crippen LogP contribution is 2.00. The van der Waals surface area contributed by atoms with Gasteiger partial charge in [0.05, 0.1) is 0 Å². The van der Waals surface area contributed by atoms with Crippen LogP contribution < -0.4 is 5.32 Å². The Kier molecular flexibility index (Phi) is 5.70. The molecule has 0 aliphatic rings. The van der Waals surface area contributed by atoms with E-state index in [-0.39, 0.29) is 6.09 Å². The smallest absolute Gasteiger partial charge is 0.407 e. The number of hydrogen-bond acceptors (Lipinski definition) is 3. The Balaban J connectivity index is 2.17. The van der Waals surface area contributed by atoms with Crippen molar-refractivity contribution < 1.29 is 9.53 Å². The molecule has 0 fully saturated rings. The minimum absolute atomic E-state index is 0.313. The normalized spacial score (nSPS) is 9.67. The fourth-order valence-electron chi connectivity index (χ4n) is 1.04. The van der Waals surface area contributed by atoms with Crippen LogP contribution >= 0.6 is 12.6 Å². The number of benzene rings is 1. The standard InChI is InChI=1S/C11H15NO2S/c13-11(12-7-4-8-15)14-9-10-5-2-1-3-6-10/h1-3,5-6,15H,4,7-9H2,(H,12,13). The molecule has 1 rings (SSSR count). The second-order valence-corrected chi connectivity index (χ2v) is 3.51. The third-order valence-corrected chi connectivity index (χ3v) is 2.13. The quantitative estimate of drug-likeness (QED) is 0.596. The Morgan fingerprint density at radius 1 is 1.33 bits per heavy atom. The zero-order valence-electron chi connectivity index (χ0n) is 8.48. The van der Waals surface area contributed by atoms with Crippen LogP contribution in [0.2, 0.25) is 0 Å². The molecule has 0 atom stereocenters. The summed E-state index contributed by atoms with van der Waals surface area (Å²) in [4.78, 5) is 11.1. The molecule has 0 aliphatic heterocycles. The van der Waals surface area contributed by atoms with E-state index in [1.54, 1.807) is 0 Å². The maximum absolute atomic E-state index is 11.1. The van der Waals surface area contributed by atoms with Crippen molar-refractivity contribution in [2.45, 2.75) is 13.0 Å². The lowest BCUT2D eigenvalue weighted by atomic mass is 10.2. The molecule has 0 aromatic heterocycles. The number of nitrogens with one attached hydrogen (secondary N) is 1. The number of carbonyl (C=O) groups excluding carboxylic acids is 1. The van der Waals surface area contributed by atoms with Gasteiger partial charge in [-0.15, -0.1) is 0 Å². The van der Waals surface area contributed by atoms with Crippen molar-refractivity contribution >= 4 is 18.7 Å². The number of carbonyl (C=O) groups is 1. The number of alkyl carbamates (subject to hydrolysis) is 1. The Hall–Kier alpha value is -1.16. The minimum atomic E-state index is -0.374. The highest BCUT2D eigenvalue weighted by atomic mass is 32.1. The minimum Gasteiger partial charge on any atom is -0.445 e. The van der Waals surface area contributed by atoms with Gasteiger partial charge in [0.15, 0.2) is 0 Å². The van der Waals surface area contributed by atoms with Gasteiger partial charge in [-0.25, -0.2) is 4.79 Å². The first kappa shape index (κ1) is 11.9. The van der Waals surface area contributed by atoms with Crippen LogP contribution in [-0.4, -0.2) is 18.4 Å². The average molecular weight is 225 g/mol. The van der Waals surface area contributed by atoms with Crippen LogP contribution in [0.15, 0.2) is 30.3 Å². The van der Waals surface area contributed by atoms with Crippen LogP contribution in [-0.2, 0) is 11.3 Å². The van der Waals surface area contributed by atoms with Gasteiger partial charge in [-0.1, -0.05) is 30.3 Å². The number of thiol groups is 1. The predicted octanol–water partition coefficient (Wildman–Crippen LogP) is 2.23. The molecule has 15 heavy (non-hydrogen) atoms. The van der Waals surface area contributed by atoms with Gasteiger partial charge in [-0.3, -0.25) is 0 Å². The first-order valence-corrected chi connectivity index (χ1v) is 5.51. The van der Waals surface area contributed by atoms with E-state index in [0.29, 0.717) is 13.2 Å². The van der Waals surface area contributed by atoms with E-state index in [2.05, 4.69) is 17.9 Å². The summed E-state index contributed by atoms with van der Waals surface area (Å²) in [5.41, 5.74) is 0.988. The molecule has 1 amide bonds. The summed E-state index contributed by atoms with van der Waals surface area (Å²) in [5, 5.41) is 2.64. The molecule has 0 unspecified atom stereocenters.